The molecule has 0 aliphatic heterocycles. The number of carbonyl (C=O) groups is 1. The molecule has 0 saturated heterocycles. The molecule has 1 N–H and O–H groups in total. The zero-order valence-corrected chi connectivity index (χ0v) is 10.3. The van der Waals surface area contributed by atoms with Gasteiger partial charge in [0, 0.05) is 18.0 Å². The molecule has 0 unspecified atom stereocenters. The van der Waals surface area contributed by atoms with E-state index in [0.717, 1.165) is 11.1 Å². The van der Waals surface area contributed by atoms with Crippen LogP contribution in [0.5, 0.6) is 0 Å². The van der Waals surface area contributed by atoms with E-state index in [9.17, 15) is 9.18 Å². The van der Waals surface area contributed by atoms with E-state index in [1.165, 1.54) is 30.6 Å². The van der Waals surface area contributed by atoms with Crippen LogP contribution in [-0.2, 0) is 0 Å². The van der Waals surface area contributed by atoms with Gasteiger partial charge in [0.1, 0.15) is 5.82 Å². The van der Waals surface area contributed by atoms with Gasteiger partial charge in [0.15, 0.2) is 0 Å². The first-order valence-corrected chi connectivity index (χ1v) is 5.69. The molecular formula is C15H12FNO2. The van der Waals surface area contributed by atoms with Gasteiger partial charge in [-0.3, -0.25) is 4.98 Å². The molecule has 1 aromatic heterocycles. The van der Waals surface area contributed by atoms with E-state index in [1.54, 1.807) is 18.2 Å². The second kappa shape index (κ2) is 5.44. The van der Waals surface area contributed by atoms with Gasteiger partial charge in [-0.1, -0.05) is 12.1 Å². The van der Waals surface area contributed by atoms with E-state index in [0.29, 0.717) is 5.56 Å². The quantitative estimate of drug-likeness (QED) is 0.915. The van der Waals surface area contributed by atoms with Crippen molar-refractivity contribution in [3.8, 4) is 0 Å². The number of allylic oxidation sites excluding steroid dienone is 1. The van der Waals surface area contributed by atoms with Crippen molar-refractivity contribution in [2.75, 3.05) is 0 Å². The van der Waals surface area contributed by atoms with Crippen LogP contribution in [0.3, 0.4) is 0 Å². The number of aromatic nitrogens is 1. The third-order valence-electron chi connectivity index (χ3n) is 2.75. The van der Waals surface area contributed by atoms with Crippen LogP contribution >= 0.6 is 0 Å². The lowest BCUT2D eigenvalue weighted by atomic mass is 10.0. The van der Waals surface area contributed by atoms with Crippen molar-refractivity contribution in [3.63, 3.8) is 0 Å². The van der Waals surface area contributed by atoms with Crippen molar-refractivity contribution in [1.82, 2.24) is 4.98 Å². The van der Waals surface area contributed by atoms with Crippen LogP contribution in [0.2, 0.25) is 0 Å². The maximum Gasteiger partial charge on any atom is 0.336 e. The summed E-state index contributed by atoms with van der Waals surface area (Å²) in [7, 11) is 0. The number of benzene rings is 1. The molecule has 0 atom stereocenters. The summed E-state index contributed by atoms with van der Waals surface area (Å²) in [6.45, 7) is 1.84. The third-order valence-corrected chi connectivity index (χ3v) is 2.75. The number of nitrogens with zero attached hydrogens (tertiary/aromatic N) is 1. The number of carboxylic acids is 1. The average molecular weight is 257 g/mol. The first-order chi connectivity index (χ1) is 9.08. The third kappa shape index (κ3) is 3.04. The minimum atomic E-state index is -0.999. The molecule has 19 heavy (non-hydrogen) atoms. The number of pyridine rings is 1. The molecule has 0 amide bonds. The number of hydrogen-bond donors (Lipinski definition) is 1. The summed E-state index contributed by atoms with van der Waals surface area (Å²) in [6.07, 6.45) is 4.66. The molecule has 4 heteroatoms. The second-order valence-electron chi connectivity index (χ2n) is 4.10. The average Bonchev–Trinajstić information content (AvgIpc) is 2.39. The van der Waals surface area contributed by atoms with Crippen molar-refractivity contribution in [1.29, 1.82) is 0 Å². The number of hydrogen-bond acceptors (Lipinski definition) is 2. The Kier molecular flexibility index (Phi) is 3.71. The van der Waals surface area contributed by atoms with Crippen LogP contribution in [0.1, 0.15) is 28.4 Å². The Morgan fingerprint density at radius 2 is 1.95 bits per heavy atom. The van der Waals surface area contributed by atoms with Crippen molar-refractivity contribution < 1.29 is 14.3 Å². The highest BCUT2D eigenvalue weighted by molar-refractivity contribution is 5.94. The molecule has 1 heterocycles. The molecule has 0 saturated carbocycles. The Bertz CT molecular complexity index is 633. The van der Waals surface area contributed by atoms with Crippen molar-refractivity contribution >= 4 is 17.6 Å². The van der Waals surface area contributed by atoms with Crippen LogP contribution in [-0.4, -0.2) is 16.1 Å². The van der Waals surface area contributed by atoms with Gasteiger partial charge < -0.3 is 5.11 Å². The molecular weight excluding hydrogens is 245 g/mol. The SMILES string of the molecule is C/C(=C\c1cnccc1C(=O)O)c1ccc(F)cc1. The number of rotatable bonds is 3. The van der Waals surface area contributed by atoms with Crippen LogP contribution < -0.4 is 0 Å². The van der Waals surface area contributed by atoms with Crippen LogP contribution in [0.4, 0.5) is 4.39 Å². The largest absolute Gasteiger partial charge is 0.478 e. The standard InChI is InChI=1S/C15H12FNO2/c1-10(11-2-4-13(16)5-3-11)8-12-9-17-7-6-14(12)15(18)19/h2-9H,1H3,(H,18,19)/b10-8+. The minimum Gasteiger partial charge on any atom is -0.478 e. The molecule has 2 aromatic rings. The molecule has 0 radical (unpaired) electrons. The maximum atomic E-state index is 12.8. The van der Waals surface area contributed by atoms with Crippen LogP contribution in [0, 0.1) is 5.82 Å². The first kappa shape index (κ1) is 13.0. The van der Waals surface area contributed by atoms with Crippen LogP contribution in [0.15, 0.2) is 42.7 Å². The molecule has 96 valence electrons. The fourth-order valence-corrected chi connectivity index (χ4v) is 1.75. The summed E-state index contributed by atoms with van der Waals surface area (Å²) >= 11 is 0. The summed E-state index contributed by atoms with van der Waals surface area (Å²) in [6, 6.07) is 7.49. The molecule has 0 spiro atoms. The van der Waals surface area contributed by atoms with Gasteiger partial charge in [-0.25, -0.2) is 9.18 Å². The van der Waals surface area contributed by atoms with Crippen molar-refractivity contribution in [3.05, 3.63) is 65.2 Å². The lowest BCUT2D eigenvalue weighted by Gasteiger charge is -2.04. The fourth-order valence-electron chi connectivity index (χ4n) is 1.75. The predicted molar refractivity (Wildman–Crippen MR) is 71.1 cm³/mol. The van der Waals surface area contributed by atoms with Gasteiger partial charge in [-0.05, 0) is 42.3 Å². The normalized spacial score (nSPS) is 11.4. The van der Waals surface area contributed by atoms with Gasteiger partial charge in [0.2, 0.25) is 0 Å². The minimum absolute atomic E-state index is 0.191. The van der Waals surface area contributed by atoms with Crippen molar-refractivity contribution in [2.24, 2.45) is 0 Å². The van der Waals surface area contributed by atoms with E-state index in [1.807, 2.05) is 6.92 Å². The zero-order valence-electron chi connectivity index (χ0n) is 10.3. The summed E-state index contributed by atoms with van der Waals surface area (Å²) in [5, 5.41) is 9.08. The number of carboxylic acid groups (broad SMARTS) is 1. The molecule has 3 nitrogen and oxygen atoms in total. The Balaban J connectivity index is 2.41. The van der Waals surface area contributed by atoms with Gasteiger partial charge in [-0.2, -0.15) is 0 Å². The molecule has 0 fully saturated rings. The summed E-state index contributed by atoms with van der Waals surface area (Å²) in [5.74, 6) is -1.30. The van der Waals surface area contributed by atoms with Crippen molar-refractivity contribution in [2.45, 2.75) is 6.92 Å². The molecule has 0 aliphatic carbocycles. The van der Waals surface area contributed by atoms with Gasteiger partial charge >= 0.3 is 5.97 Å². The monoisotopic (exact) mass is 257 g/mol. The maximum absolute atomic E-state index is 12.8. The summed E-state index contributed by atoms with van der Waals surface area (Å²) in [5.41, 5.74) is 2.39. The summed E-state index contributed by atoms with van der Waals surface area (Å²) < 4.78 is 12.8. The first-order valence-electron chi connectivity index (χ1n) is 5.69. The van der Waals surface area contributed by atoms with E-state index in [2.05, 4.69) is 4.98 Å². The topological polar surface area (TPSA) is 50.2 Å². The Morgan fingerprint density at radius 1 is 1.26 bits per heavy atom. The number of halogens is 1. The fraction of sp³-hybridized carbons (Fsp3) is 0.0667. The second-order valence-corrected chi connectivity index (χ2v) is 4.10. The Hall–Kier alpha value is -2.49. The molecule has 2 rings (SSSR count). The van der Waals surface area contributed by atoms with E-state index in [-0.39, 0.29) is 11.4 Å². The lowest BCUT2D eigenvalue weighted by Crippen LogP contribution is -1.99. The zero-order chi connectivity index (χ0) is 13.8. The van der Waals surface area contributed by atoms with Gasteiger partial charge in [0.05, 0.1) is 5.56 Å². The van der Waals surface area contributed by atoms with Crippen LogP contribution in [0.25, 0.3) is 11.6 Å². The molecule has 0 aliphatic rings. The van der Waals surface area contributed by atoms with Gasteiger partial charge in [-0.15, -0.1) is 0 Å². The predicted octanol–water partition coefficient (Wildman–Crippen LogP) is 3.48. The smallest absolute Gasteiger partial charge is 0.336 e. The van der Waals surface area contributed by atoms with E-state index < -0.39 is 5.97 Å². The highest BCUT2D eigenvalue weighted by Gasteiger charge is 2.08. The van der Waals surface area contributed by atoms with E-state index in [4.69, 9.17) is 5.11 Å². The Labute approximate surface area is 110 Å². The van der Waals surface area contributed by atoms with E-state index >= 15 is 0 Å². The molecule has 0 bridgehead atoms. The number of aromatic carboxylic acids is 1. The highest BCUT2D eigenvalue weighted by atomic mass is 19.1. The lowest BCUT2D eigenvalue weighted by molar-refractivity contribution is 0.0696. The van der Waals surface area contributed by atoms with Gasteiger partial charge in [0.25, 0.3) is 0 Å². The summed E-state index contributed by atoms with van der Waals surface area (Å²) in [4.78, 5) is 15.0. The Morgan fingerprint density at radius 3 is 2.58 bits per heavy atom. The molecule has 1 aromatic carbocycles. The highest BCUT2D eigenvalue weighted by Crippen LogP contribution is 2.19.